The zero-order chi connectivity index (χ0) is 21.4. The van der Waals surface area contributed by atoms with Gasteiger partial charge in [0.15, 0.2) is 0 Å². The topological polar surface area (TPSA) is 35.5 Å². The quantitative estimate of drug-likeness (QED) is 0.370. The molecule has 0 aromatic heterocycles. The van der Waals surface area contributed by atoms with Gasteiger partial charge in [0.05, 0.1) is 6.61 Å². The molecule has 0 saturated heterocycles. The third-order valence-electron chi connectivity index (χ3n) is 8.90. The Balaban J connectivity index is 1.51. The largest absolute Gasteiger partial charge is 0.508 e. The molecule has 3 saturated carbocycles. The van der Waals surface area contributed by atoms with Crippen molar-refractivity contribution >= 4 is 6.16 Å². The molecule has 0 unspecified atom stereocenters. The molecule has 0 bridgehead atoms. The number of hydrogen-bond acceptors (Lipinski definition) is 3. The van der Waals surface area contributed by atoms with Gasteiger partial charge in [-0.3, -0.25) is 0 Å². The molecule has 0 amide bonds. The number of rotatable bonds is 8. The first-order chi connectivity index (χ1) is 14.5. The van der Waals surface area contributed by atoms with Crippen LogP contribution < -0.4 is 0 Å². The van der Waals surface area contributed by atoms with Crippen LogP contribution in [0, 0.1) is 29.6 Å². The van der Waals surface area contributed by atoms with E-state index in [0.29, 0.717) is 6.61 Å². The predicted octanol–water partition coefficient (Wildman–Crippen LogP) is 8.30. The summed E-state index contributed by atoms with van der Waals surface area (Å²) >= 11 is 0. The van der Waals surface area contributed by atoms with Gasteiger partial charge in [0.25, 0.3) is 0 Å². The molecule has 3 rings (SSSR count). The normalized spacial score (nSPS) is 37.5. The second kappa shape index (κ2) is 11.8. The van der Waals surface area contributed by atoms with Gasteiger partial charge >= 0.3 is 6.16 Å². The van der Waals surface area contributed by atoms with Crippen LogP contribution >= 0.6 is 0 Å². The van der Waals surface area contributed by atoms with E-state index in [9.17, 15) is 4.79 Å². The Labute approximate surface area is 186 Å². The van der Waals surface area contributed by atoms with Crippen LogP contribution in [-0.2, 0) is 9.47 Å². The zero-order valence-electron chi connectivity index (χ0n) is 20.1. The summed E-state index contributed by atoms with van der Waals surface area (Å²) < 4.78 is 11.3. The molecule has 174 valence electrons. The molecule has 0 aromatic rings. The minimum atomic E-state index is -0.436. The number of carbonyl (C=O) groups excluding carboxylic acids is 1. The van der Waals surface area contributed by atoms with Crippen LogP contribution in [-0.4, -0.2) is 18.4 Å². The van der Waals surface area contributed by atoms with Crippen LogP contribution in [0.2, 0.25) is 0 Å². The lowest BCUT2D eigenvalue weighted by molar-refractivity contribution is -0.0739. The van der Waals surface area contributed by atoms with Crippen molar-refractivity contribution in [3.63, 3.8) is 0 Å². The monoisotopic (exact) mass is 420 g/mol. The maximum atomic E-state index is 12.3. The number of hydrogen-bond donors (Lipinski definition) is 0. The van der Waals surface area contributed by atoms with Crippen molar-refractivity contribution in [3.8, 4) is 0 Å². The SMILES string of the molecule is CCC[C@H]1CC[C@H](CCC2(OC(=O)OCC)CCC(C3CCC(C)CC3)CC2)CC1. The van der Waals surface area contributed by atoms with Crippen molar-refractivity contribution in [2.45, 2.75) is 129 Å². The highest BCUT2D eigenvalue weighted by Crippen LogP contribution is 2.46. The third kappa shape index (κ3) is 6.89. The Hall–Kier alpha value is -0.730. The maximum absolute atomic E-state index is 12.3. The number of ether oxygens (including phenoxy) is 2. The van der Waals surface area contributed by atoms with E-state index in [2.05, 4.69) is 13.8 Å². The minimum absolute atomic E-state index is 0.259. The minimum Gasteiger partial charge on any atom is -0.435 e. The summed E-state index contributed by atoms with van der Waals surface area (Å²) in [5.41, 5.74) is -0.259. The van der Waals surface area contributed by atoms with Crippen molar-refractivity contribution in [1.29, 1.82) is 0 Å². The molecule has 3 nitrogen and oxygen atoms in total. The summed E-state index contributed by atoms with van der Waals surface area (Å²) in [6.45, 7) is 6.99. The van der Waals surface area contributed by atoms with E-state index in [4.69, 9.17) is 9.47 Å². The molecule has 0 aliphatic heterocycles. The second-order valence-corrected chi connectivity index (χ2v) is 11.0. The fourth-order valence-corrected chi connectivity index (χ4v) is 6.81. The highest BCUT2D eigenvalue weighted by molar-refractivity contribution is 5.60. The molecule has 0 atom stereocenters. The van der Waals surface area contributed by atoms with Crippen molar-refractivity contribution in [3.05, 3.63) is 0 Å². The Morgan fingerprint density at radius 3 is 1.93 bits per heavy atom. The second-order valence-electron chi connectivity index (χ2n) is 11.0. The van der Waals surface area contributed by atoms with E-state index >= 15 is 0 Å². The summed E-state index contributed by atoms with van der Waals surface area (Å²) in [7, 11) is 0. The van der Waals surface area contributed by atoms with Crippen LogP contribution in [0.25, 0.3) is 0 Å². The predicted molar refractivity (Wildman–Crippen MR) is 124 cm³/mol. The van der Waals surface area contributed by atoms with Crippen molar-refractivity contribution < 1.29 is 14.3 Å². The fraction of sp³-hybridized carbons (Fsp3) is 0.963. The van der Waals surface area contributed by atoms with E-state index in [0.717, 1.165) is 48.9 Å². The molecule has 3 fully saturated rings. The maximum Gasteiger partial charge on any atom is 0.508 e. The Morgan fingerprint density at radius 2 is 1.37 bits per heavy atom. The van der Waals surface area contributed by atoms with Gasteiger partial charge < -0.3 is 9.47 Å². The summed E-state index contributed by atoms with van der Waals surface area (Å²) in [5.74, 6) is 4.48. The highest BCUT2D eigenvalue weighted by Gasteiger charge is 2.41. The lowest BCUT2D eigenvalue weighted by Crippen LogP contribution is -2.41. The van der Waals surface area contributed by atoms with Gasteiger partial charge in [-0.2, -0.15) is 0 Å². The molecule has 0 radical (unpaired) electrons. The Kier molecular flexibility index (Phi) is 9.38. The van der Waals surface area contributed by atoms with Crippen LogP contribution in [0.5, 0.6) is 0 Å². The zero-order valence-corrected chi connectivity index (χ0v) is 20.1. The summed E-state index contributed by atoms with van der Waals surface area (Å²) in [6, 6.07) is 0. The van der Waals surface area contributed by atoms with Crippen molar-refractivity contribution in [2.75, 3.05) is 6.61 Å². The van der Waals surface area contributed by atoms with Gasteiger partial charge in [0, 0.05) is 0 Å². The van der Waals surface area contributed by atoms with E-state index in [-0.39, 0.29) is 5.60 Å². The van der Waals surface area contributed by atoms with Crippen LogP contribution in [0.4, 0.5) is 4.79 Å². The van der Waals surface area contributed by atoms with Gasteiger partial charge in [0.2, 0.25) is 0 Å². The average Bonchev–Trinajstić information content (AvgIpc) is 2.75. The lowest BCUT2D eigenvalue weighted by atomic mass is 9.67. The van der Waals surface area contributed by atoms with Crippen LogP contribution in [0.1, 0.15) is 124 Å². The summed E-state index contributed by atoms with van der Waals surface area (Å²) in [5, 5.41) is 0. The smallest absolute Gasteiger partial charge is 0.435 e. The third-order valence-corrected chi connectivity index (χ3v) is 8.90. The van der Waals surface area contributed by atoms with Crippen LogP contribution in [0.3, 0.4) is 0 Å². The van der Waals surface area contributed by atoms with E-state index in [1.165, 1.54) is 83.5 Å². The van der Waals surface area contributed by atoms with E-state index < -0.39 is 6.16 Å². The van der Waals surface area contributed by atoms with Gasteiger partial charge in [0.1, 0.15) is 5.60 Å². The lowest BCUT2D eigenvalue weighted by Gasteiger charge is -2.43. The standard InChI is InChI=1S/C27H48O3/c1-4-6-22-9-11-23(12-10-22)15-18-27(30-26(28)29-5-2)19-16-25(17-20-27)24-13-7-21(3)8-14-24/h21-25H,4-20H2,1-3H3/t21?,22-,23-,24?,25?,27?. The molecule has 3 aliphatic rings. The number of carbonyl (C=O) groups is 1. The molecule has 0 N–H and O–H groups in total. The van der Waals surface area contributed by atoms with E-state index in [1.807, 2.05) is 6.92 Å². The fourth-order valence-electron chi connectivity index (χ4n) is 6.81. The van der Waals surface area contributed by atoms with Gasteiger partial charge in [-0.05, 0) is 87.9 Å². The first-order valence-corrected chi connectivity index (χ1v) is 13.4. The van der Waals surface area contributed by atoms with Gasteiger partial charge in [-0.25, -0.2) is 4.79 Å². The average molecular weight is 421 g/mol. The molecular formula is C27H48O3. The van der Waals surface area contributed by atoms with Crippen molar-refractivity contribution in [2.24, 2.45) is 29.6 Å². The first-order valence-electron chi connectivity index (χ1n) is 13.4. The Bertz CT molecular complexity index is 492. The molecular weight excluding hydrogens is 372 g/mol. The molecule has 0 aromatic carbocycles. The molecule has 3 aliphatic carbocycles. The summed E-state index contributed by atoms with van der Waals surface area (Å²) in [6.07, 6.45) is 20.4. The molecule has 0 heterocycles. The Morgan fingerprint density at radius 1 is 0.800 bits per heavy atom. The molecule has 0 spiro atoms. The molecule has 3 heteroatoms. The van der Waals surface area contributed by atoms with Gasteiger partial charge in [-0.15, -0.1) is 0 Å². The summed E-state index contributed by atoms with van der Waals surface area (Å²) in [4.78, 5) is 12.3. The molecule has 30 heavy (non-hydrogen) atoms. The van der Waals surface area contributed by atoms with Gasteiger partial charge in [-0.1, -0.05) is 65.2 Å². The van der Waals surface area contributed by atoms with Crippen LogP contribution in [0.15, 0.2) is 0 Å². The van der Waals surface area contributed by atoms with E-state index in [1.54, 1.807) is 0 Å². The highest BCUT2D eigenvalue weighted by atomic mass is 16.7. The van der Waals surface area contributed by atoms with Crippen molar-refractivity contribution in [1.82, 2.24) is 0 Å². The first kappa shape index (κ1) is 23.9.